The zero-order valence-corrected chi connectivity index (χ0v) is 48.1. The fraction of sp³-hybridized carbons (Fsp3) is 0.845. The van der Waals surface area contributed by atoms with Crippen LogP contribution in [0.4, 0.5) is 0 Å². The number of carboxylic acids is 1. The number of amides is 2. The van der Waals surface area contributed by atoms with Gasteiger partial charge in [0.25, 0.3) is 5.79 Å². The van der Waals surface area contributed by atoms with Crippen LogP contribution in [0.5, 0.6) is 0 Å². The van der Waals surface area contributed by atoms with Crippen molar-refractivity contribution >= 4 is 17.8 Å². The van der Waals surface area contributed by atoms with Gasteiger partial charge in [-0.3, -0.25) is 9.59 Å². The SMILES string of the molecule is CCCCCCCC/C=C\C/C=C\CCC(=O)NC(COC1OC(CO)C(OC2OC(CO)C(O)C(OC3(C(=O)O)CC(O)C(NC(C)=O)C(C(O)C(O)CO)O3)C2O)C(O)C1O)C(O)/C=C/CCCCCCCCCCCCCC. The number of nitrogens with one attached hydrogen (secondary N) is 2. The minimum Gasteiger partial charge on any atom is -0.477 e. The fourth-order valence-corrected chi connectivity index (χ4v) is 10.2. The summed E-state index contributed by atoms with van der Waals surface area (Å²) >= 11 is 0. The Kier molecular flexibility index (Phi) is 35.9. The van der Waals surface area contributed by atoms with Crippen molar-refractivity contribution in [2.75, 3.05) is 26.4 Å². The molecule has 0 bridgehead atoms. The molecule has 470 valence electrons. The Morgan fingerprint density at radius 2 is 1.20 bits per heavy atom. The molecule has 0 aromatic rings. The van der Waals surface area contributed by atoms with Crippen LogP contribution in [0.3, 0.4) is 0 Å². The van der Waals surface area contributed by atoms with Crippen LogP contribution in [0.2, 0.25) is 0 Å². The summed E-state index contributed by atoms with van der Waals surface area (Å²) in [6.07, 6.45) is 6.66. The quantitative estimate of drug-likeness (QED) is 0.0308. The van der Waals surface area contributed by atoms with Gasteiger partial charge in [0.15, 0.2) is 12.6 Å². The highest BCUT2D eigenvalue weighted by atomic mass is 16.8. The van der Waals surface area contributed by atoms with Crippen molar-refractivity contribution in [3.05, 3.63) is 36.5 Å². The van der Waals surface area contributed by atoms with E-state index in [2.05, 4.69) is 36.6 Å². The van der Waals surface area contributed by atoms with Crippen LogP contribution in [0.25, 0.3) is 0 Å². The number of carbonyl (C=O) groups excluding carboxylic acids is 2. The molecular formula is C58H102N2O21. The van der Waals surface area contributed by atoms with Crippen LogP contribution in [0.1, 0.15) is 175 Å². The summed E-state index contributed by atoms with van der Waals surface area (Å²) < 4.78 is 34.6. The summed E-state index contributed by atoms with van der Waals surface area (Å²) in [7, 11) is 0. The molecule has 18 unspecified atom stereocenters. The summed E-state index contributed by atoms with van der Waals surface area (Å²) in [5.41, 5.74) is 0. The van der Waals surface area contributed by atoms with Crippen molar-refractivity contribution in [2.24, 2.45) is 0 Å². The van der Waals surface area contributed by atoms with Crippen molar-refractivity contribution < 1.29 is 104 Å². The van der Waals surface area contributed by atoms with Crippen LogP contribution in [0, 0.1) is 0 Å². The first-order chi connectivity index (χ1) is 38.9. The van der Waals surface area contributed by atoms with E-state index in [-0.39, 0.29) is 12.3 Å². The molecule has 0 aromatic heterocycles. The largest absolute Gasteiger partial charge is 0.477 e. The molecule has 3 aliphatic heterocycles. The Morgan fingerprint density at radius 1 is 0.654 bits per heavy atom. The minimum atomic E-state index is -3.08. The number of unbranched alkanes of at least 4 members (excludes halogenated alkanes) is 18. The third kappa shape index (κ3) is 24.8. The normalized spacial score (nSPS) is 30.7. The summed E-state index contributed by atoms with van der Waals surface area (Å²) in [4.78, 5) is 38.3. The second-order valence-corrected chi connectivity index (χ2v) is 21.9. The molecule has 3 heterocycles. The maximum atomic E-state index is 13.3. The molecule has 0 spiro atoms. The molecule has 2 amide bonds. The van der Waals surface area contributed by atoms with Gasteiger partial charge >= 0.3 is 5.97 Å². The van der Waals surface area contributed by atoms with Crippen LogP contribution < -0.4 is 10.6 Å². The lowest BCUT2D eigenvalue weighted by molar-refractivity contribution is -0.386. The van der Waals surface area contributed by atoms with Gasteiger partial charge in [-0.2, -0.15) is 0 Å². The summed E-state index contributed by atoms with van der Waals surface area (Å²) in [5.74, 6) is -6.22. The number of aliphatic hydroxyl groups is 11. The van der Waals surface area contributed by atoms with Crippen molar-refractivity contribution in [3.8, 4) is 0 Å². The highest BCUT2D eigenvalue weighted by molar-refractivity contribution is 5.77. The van der Waals surface area contributed by atoms with E-state index in [1.54, 1.807) is 6.08 Å². The van der Waals surface area contributed by atoms with Gasteiger partial charge in [0.05, 0.1) is 50.7 Å². The standard InChI is InChI=1S/C58H102N2O21/c1-4-6-8-10-12-14-16-18-20-21-23-25-27-29-31-40(65)39(60-45(68)32-30-28-26-24-22-19-17-15-13-11-9-7-5-2)37-76-55-50(72)49(71)52(44(36-63)78-55)79-56-51(73)54(48(70)43(35-62)77-56)81-58(57(74)75)33-41(66)46(59-38(3)64)53(80-58)47(69)42(67)34-61/h19,22,26,28-29,31,39-44,46-56,61-63,65-67,69-73H,4-18,20-21,23-25,27,30,32-37H2,1-3H3,(H,59,64)(H,60,68)(H,74,75)/b22-19-,28-26-,31-29+. The van der Waals surface area contributed by atoms with E-state index in [1.165, 1.54) is 89.9 Å². The Balaban J connectivity index is 1.70. The van der Waals surface area contributed by atoms with Crippen LogP contribution in [-0.2, 0) is 42.8 Å². The molecule has 23 heteroatoms. The molecule has 14 N–H and O–H groups in total. The average molecular weight is 1160 g/mol. The molecule has 3 fully saturated rings. The van der Waals surface area contributed by atoms with E-state index in [0.29, 0.717) is 12.8 Å². The number of hydrogen-bond acceptors (Lipinski definition) is 20. The molecular weight excluding hydrogens is 1060 g/mol. The molecule has 0 saturated carbocycles. The van der Waals surface area contributed by atoms with Crippen LogP contribution >= 0.6 is 0 Å². The third-order valence-corrected chi connectivity index (χ3v) is 15.1. The Labute approximate surface area is 478 Å². The lowest BCUT2D eigenvalue weighted by Crippen LogP contribution is -2.70. The Hall–Kier alpha value is -3.05. The van der Waals surface area contributed by atoms with Crippen molar-refractivity contribution in [1.82, 2.24) is 10.6 Å². The third-order valence-electron chi connectivity index (χ3n) is 15.1. The number of hydrogen-bond donors (Lipinski definition) is 14. The van der Waals surface area contributed by atoms with Gasteiger partial charge in [-0.05, 0) is 38.5 Å². The Bertz CT molecular complexity index is 1810. The Morgan fingerprint density at radius 3 is 1.74 bits per heavy atom. The molecule has 3 saturated heterocycles. The lowest BCUT2D eigenvalue weighted by atomic mass is 9.88. The molecule has 23 nitrogen and oxygen atoms in total. The first kappa shape index (κ1) is 72.2. The molecule has 3 aliphatic rings. The maximum Gasteiger partial charge on any atom is 0.364 e. The maximum absolute atomic E-state index is 13.3. The number of ether oxygens (including phenoxy) is 6. The second-order valence-electron chi connectivity index (χ2n) is 21.9. The number of aliphatic hydroxyl groups excluding tert-OH is 11. The zero-order valence-electron chi connectivity index (χ0n) is 48.1. The van der Waals surface area contributed by atoms with Gasteiger partial charge in [0, 0.05) is 19.8 Å². The predicted molar refractivity (Wildman–Crippen MR) is 297 cm³/mol. The first-order valence-corrected chi connectivity index (χ1v) is 29.9. The van der Waals surface area contributed by atoms with Crippen LogP contribution in [-0.4, -0.2) is 215 Å². The van der Waals surface area contributed by atoms with E-state index in [4.69, 9.17) is 28.4 Å². The smallest absolute Gasteiger partial charge is 0.364 e. The van der Waals surface area contributed by atoms with Crippen molar-refractivity contribution in [1.29, 1.82) is 0 Å². The van der Waals surface area contributed by atoms with Gasteiger partial charge in [0.2, 0.25) is 11.8 Å². The first-order valence-electron chi connectivity index (χ1n) is 29.9. The van der Waals surface area contributed by atoms with Gasteiger partial charge in [-0.15, -0.1) is 0 Å². The molecule has 81 heavy (non-hydrogen) atoms. The van der Waals surface area contributed by atoms with E-state index in [0.717, 1.165) is 45.4 Å². The van der Waals surface area contributed by atoms with Crippen molar-refractivity contribution in [3.63, 3.8) is 0 Å². The van der Waals surface area contributed by atoms with E-state index in [9.17, 15) is 75.7 Å². The second kappa shape index (κ2) is 40.3. The van der Waals surface area contributed by atoms with Gasteiger partial charge in [-0.1, -0.05) is 153 Å². The van der Waals surface area contributed by atoms with E-state index < -0.39 is 155 Å². The van der Waals surface area contributed by atoms with Crippen molar-refractivity contribution in [2.45, 2.75) is 285 Å². The monoisotopic (exact) mass is 1160 g/mol. The number of allylic oxidation sites excluding steroid dienone is 5. The topological polar surface area (TPSA) is 373 Å². The van der Waals surface area contributed by atoms with Gasteiger partial charge in [-0.25, -0.2) is 4.79 Å². The molecule has 0 aromatic carbocycles. The highest BCUT2D eigenvalue weighted by Gasteiger charge is 2.60. The number of rotatable bonds is 42. The summed E-state index contributed by atoms with van der Waals surface area (Å²) in [6, 6.07) is -2.65. The van der Waals surface area contributed by atoms with Gasteiger partial charge in [0.1, 0.15) is 67.1 Å². The summed E-state index contributed by atoms with van der Waals surface area (Å²) in [5, 5.41) is 135. The van der Waals surface area contributed by atoms with Gasteiger partial charge < -0.3 is 100 Å². The molecule has 0 radical (unpaired) electrons. The number of aliphatic carboxylic acids is 1. The predicted octanol–water partition coefficient (Wildman–Crippen LogP) is 2.33. The highest BCUT2D eigenvalue weighted by Crippen LogP contribution is 2.38. The average Bonchev–Trinajstić information content (AvgIpc) is 3.45. The summed E-state index contributed by atoms with van der Waals surface area (Å²) in [6.45, 7) is 2.02. The lowest BCUT2D eigenvalue weighted by Gasteiger charge is -2.50. The molecule has 3 rings (SSSR count). The van der Waals surface area contributed by atoms with E-state index >= 15 is 0 Å². The molecule has 0 aliphatic carbocycles. The fourth-order valence-electron chi connectivity index (χ4n) is 10.2. The number of carbonyl (C=O) groups is 3. The zero-order chi connectivity index (χ0) is 59.7. The van der Waals surface area contributed by atoms with E-state index in [1.807, 2.05) is 18.2 Å². The minimum absolute atomic E-state index is 0.0928. The number of carboxylic acid groups (broad SMARTS) is 1. The van der Waals surface area contributed by atoms with Crippen LogP contribution in [0.15, 0.2) is 36.5 Å². The molecule has 18 atom stereocenters.